The van der Waals surface area contributed by atoms with Crippen LogP contribution in [0.5, 0.6) is 0 Å². The summed E-state index contributed by atoms with van der Waals surface area (Å²) in [5.41, 5.74) is 1.94. The molecule has 0 aliphatic heterocycles. The van der Waals surface area contributed by atoms with Crippen LogP contribution in [0.3, 0.4) is 0 Å². The van der Waals surface area contributed by atoms with Gasteiger partial charge in [-0.05, 0) is 55.3 Å². The summed E-state index contributed by atoms with van der Waals surface area (Å²) in [5.74, 6) is -0.395. The molecule has 2 rings (SSSR count). The molecule has 0 saturated heterocycles. The molecule has 0 N–H and O–H groups in total. The Morgan fingerprint density at radius 3 is 2.31 bits per heavy atom. The van der Waals surface area contributed by atoms with Crippen LogP contribution in [0.2, 0.25) is 10.0 Å². The van der Waals surface area contributed by atoms with Crippen LogP contribution in [0.4, 0.5) is 5.69 Å². The molecule has 2 aromatic carbocycles. The Hall–Kier alpha value is -2.04. The van der Waals surface area contributed by atoms with Crippen LogP contribution in [0.1, 0.15) is 42.6 Å². The summed E-state index contributed by atoms with van der Waals surface area (Å²) in [6.07, 6.45) is 1.16. The number of rotatable bonds is 7. The maximum atomic E-state index is 12.6. The molecule has 1 amide bonds. The van der Waals surface area contributed by atoms with Gasteiger partial charge >= 0.3 is 5.97 Å². The summed E-state index contributed by atoms with van der Waals surface area (Å²) >= 11 is 12.2. The van der Waals surface area contributed by atoms with Crippen LogP contribution in [0.25, 0.3) is 0 Å². The second-order valence-corrected chi connectivity index (χ2v) is 6.58. The molecule has 0 unspecified atom stereocenters. The Labute approximate surface area is 163 Å². The number of hydrogen-bond acceptors (Lipinski definition) is 3. The number of hydrogen-bond donors (Lipinski definition) is 0. The van der Waals surface area contributed by atoms with E-state index in [0.717, 1.165) is 12.0 Å². The molecular formula is C20H21Cl2NO3. The van der Waals surface area contributed by atoms with Crippen LogP contribution in [-0.4, -0.2) is 18.5 Å². The fraction of sp³-hybridized carbons (Fsp3) is 0.300. The maximum absolute atomic E-state index is 12.6. The van der Waals surface area contributed by atoms with Crippen LogP contribution >= 0.6 is 23.2 Å². The number of esters is 1. The minimum Gasteiger partial charge on any atom is -0.462 e. The quantitative estimate of drug-likeness (QED) is 0.583. The van der Waals surface area contributed by atoms with Gasteiger partial charge in [-0.1, -0.05) is 36.2 Å². The molecule has 0 fully saturated rings. The van der Waals surface area contributed by atoms with E-state index in [9.17, 15) is 9.59 Å². The molecule has 0 aliphatic carbocycles. The number of carbonyl (C=O) groups excluding carboxylic acids is 2. The van der Waals surface area contributed by atoms with Crippen molar-refractivity contribution in [1.82, 2.24) is 0 Å². The van der Waals surface area contributed by atoms with E-state index in [0.29, 0.717) is 40.9 Å². The van der Waals surface area contributed by atoms with Gasteiger partial charge < -0.3 is 9.64 Å². The van der Waals surface area contributed by atoms with Crippen molar-refractivity contribution in [2.75, 3.05) is 11.5 Å². The van der Waals surface area contributed by atoms with E-state index in [4.69, 9.17) is 27.9 Å². The molecule has 0 saturated carbocycles. The summed E-state index contributed by atoms with van der Waals surface area (Å²) in [6.45, 7) is 4.35. The first-order valence-electron chi connectivity index (χ1n) is 8.47. The van der Waals surface area contributed by atoms with Crippen LogP contribution in [-0.2, 0) is 16.1 Å². The van der Waals surface area contributed by atoms with Gasteiger partial charge in [-0.3, -0.25) is 4.79 Å². The Bertz CT molecular complexity index is 775. The number of halogens is 2. The average Bonchev–Trinajstić information content (AvgIpc) is 2.61. The van der Waals surface area contributed by atoms with Crippen molar-refractivity contribution in [2.45, 2.75) is 33.2 Å². The molecule has 2 aromatic rings. The topological polar surface area (TPSA) is 46.6 Å². The number of benzene rings is 2. The van der Waals surface area contributed by atoms with Gasteiger partial charge in [0.25, 0.3) is 0 Å². The van der Waals surface area contributed by atoms with Crippen molar-refractivity contribution in [3.63, 3.8) is 0 Å². The molecule has 0 atom stereocenters. The van der Waals surface area contributed by atoms with Crippen LogP contribution in [0.15, 0.2) is 42.5 Å². The van der Waals surface area contributed by atoms with E-state index in [1.807, 2.05) is 13.0 Å². The second kappa shape index (κ2) is 9.60. The Morgan fingerprint density at radius 1 is 1.04 bits per heavy atom. The first-order chi connectivity index (χ1) is 12.5. The van der Waals surface area contributed by atoms with Gasteiger partial charge in [0.15, 0.2) is 0 Å². The fourth-order valence-corrected chi connectivity index (χ4v) is 2.95. The lowest BCUT2D eigenvalue weighted by Gasteiger charge is -2.24. The van der Waals surface area contributed by atoms with Gasteiger partial charge in [0.2, 0.25) is 5.91 Å². The van der Waals surface area contributed by atoms with Crippen molar-refractivity contribution in [3.8, 4) is 0 Å². The van der Waals surface area contributed by atoms with Gasteiger partial charge in [-0.2, -0.15) is 0 Å². The molecule has 26 heavy (non-hydrogen) atoms. The van der Waals surface area contributed by atoms with Gasteiger partial charge in [0.05, 0.1) is 18.7 Å². The summed E-state index contributed by atoms with van der Waals surface area (Å²) in [6, 6.07) is 12.0. The lowest BCUT2D eigenvalue weighted by molar-refractivity contribution is -0.118. The standard InChI is InChI=1S/C20H21Cl2NO3/c1-3-5-19(24)23(13-15-6-9-16(21)12-18(15)22)17-10-7-14(8-11-17)20(25)26-4-2/h6-12H,3-5,13H2,1-2H3. The summed E-state index contributed by atoms with van der Waals surface area (Å²) in [5, 5.41) is 1.05. The van der Waals surface area contributed by atoms with Crippen LogP contribution in [0, 0.1) is 0 Å². The van der Waals surface area contributed by atoms with Crippen molar-refractivity contribution < 1.29 is 14.3 Å². The van der Waals surface area contributed by atoms with Crippen molar-refractivity contribution in [2.24, 2.45) is 0 Å². The molecule has 0 aromatic heterocycles. The van der Waals surface area contributed by atoms with Gasteiger partial charge in [0.1, 0.15) is 0 Å². The molecule has 0 spiro atoms. The first kappa shape index (κ1) is 20.3. The number of nitrogens with zero attached hydrogens (tertiary/aromatic N) is 1. The van der Waals surface area contributed by atoms with E-state index >= 15 is 0 Å². The zero-order chi connectivity index (χ0) is 19.1. The predicted octanol–water partition coefficient (Wildman–Crippen LogP) is 5.50. The smallest absolute Gasteiger partial charge is 0.338 e. The second-order valence-electron chi connectivity index (χ2n) is 5.73. The highest BCUT2D eigenvalue weighted by Gasteiger charge is 2.18. The van der Waals surface area contributed by atoms with Gasteiger partial charge in [-0.15, -0.1) is 0 Å². The van der Waals surface area contributed by atoms with Crippen LogP contribution < -0.4 is 4.90 Å². The summed E-state index contributed by atoms with van der Waals surface area (Å²) in [4.78, 5) is 26.1. The highest BCUT2D eigenvalue weighted by atomic mass is 35.5. The Morgan fingerprint density at radius 2 is 1.73 bits per heavy atom. The van der Waals surface area contributed by atoms with E-state index in [1.54, 1.807) is 48.2 Å². The Kier molecular flexibility index (Phi) is 7.49. The van der Waals surface area contributed by atoms with Gasteiger partial charge in [-0.25, -0.2) is 4.79 Å². The minimum atomic E-state index is -0.383. The third-order valence-corrected chi connectivity index (χ3v) is 4.39. The average molecular weight is 394 g/mol. The van der Waals surface area contributed by atoms with E-state index in [2.05, 4.69) is 0 Å². The summed E-state index contributed by atoms with van der Waals surface area (Å²) < 4.78 is 4.99. The molecular weight excluding hydrogens is 373 g/mol. The minimum absolute atomic E-state index is 0.0117. The maximum Gasteiger partial charge on any atom is 0.338 e. The van der Waals surface area contributed by atoms with Crippen molar-refractivity contribution in [3.05, 3.63) is 63.6 Å². The number of amides is 1. The predicted molar refractivity (Wildman–Crippen MR) is 105 cm³/mol. The Balaban J connectivity index is 2.29. The highest BCUT2D eigenvalue weighted by molar-refractivity contribution is 6.35. The summed E-state index contributed by atoms with van der Waals surface area (Å²) in [7, 11) is 0. The number of carbonyl (C=O) groups is 2. The highest BCUT2D eigenvalue weighted by Crippen LogP contribution is 2.26. The zero-order valence-electron chi connectivity index (χ0n) is 14.8. The third kappa shape index (κ3) is 5.23. The lowest BCUT2D eigenvalue weighted by atomic mass is 10.1. The van der Waals surface area contributed by atoms with E-state index < -0.39 is 0 Å². The van der Waals surface area contributed by atoms with Crippen molar-refractivity contribution >= 4 is 40.8 Å². The molecule has 6 heteroatoms. The normalized spacial score (nSPS) is 10.5. The first-order valence-corrected chi connectivity index (χ1v) is 9.23. The number of ether oxygens (including phenoxy) is 1. The fourth-order valence-electron chi connectivity index (χ4n) is 2.48. The lowest BCUT2D eigenvalue weighted by Crippen LogP contribution is -2.30. The largest absolute Gasteiger partial charge is 0.462 e. The molecule has 0 radical (unpaired) electrons. The van der Waals surface area contributed by atoms with Crippen molar-refractivity contribution in [1.29, 1.82) is 0 Å². The molecule has 0 bridgehead atoms. The SMILES string of the molecule is CCCC(=O)N(Cc1ccc(Cl)cc1Cl)c1ccc(C(=O)OCC)cc1. The molecule has 0 aliphatic rings. The third-order valence-electron chi connectivity index (χ3n) is 3.80. The van der Waals surface area contributed by atoms with E-state index in [1.165, 1.54) is 0 Å². The molecule has 4 nitrogen and oxygen atoms in total. The zero-order valence-corrected chi connectivity index (χ0v) is 16.3. The number of anilines is 1. The van der Waals surface area contributed by atoms with E-state index in [-0.39, 0.29) is 11.9 Å². The molecule has 138 valence electrons. The molecule has 0 heterocycles. The van der Waals surface area contributed by atoms with Gasteiger partial charge in [0, 0.05) is 22.2 Å². The monoisotopic (exact) mass is 393 g/mol.